The number of pyridine rings is 1. The summed E-state index contributed by atoms with van der Waals surface area (Å²) in [5.41, 5.74) is -0.666. The quantitative estimate of drug-likeness (QED) is 0.716. The van der Waals surface area contributed by atoms with Crippen LogP contribution in [0.5, 0.6) is 5.88 Å². The molecule has 3 rings (SSSR count). The molecular formula is C18H19F3N4O3. The number of furan rings is 1. The maximum Gasteiger partial charge on any atom is 0.417 e. The molecular weight excluding hydrogens is 377 g/mol. The Labute approximate surface area is 158 Å². The maximum atomic E-state index is 13.5. The molecule has 0 spiro atoms. The number of nitrogens with one attached hydrogen (secondary N) is 1. The van der Waals surface area contributed by atoms with E-state index in [-0.39, 0.29) is 29.2 Å². The van der Waals surface area contributed by atoms with Gasteiger partial charge in [0.25, 0.3) is 5.91 Å². The molecule has 7 nitrogen and oxygen atoms in total. The Bertz CT molecular complexity index is 1020. The molecule has 0 aliphatic rings. The first-order valence-electron chi connectivity index (χ1n) is 8.47. The minimum absolute atomic E-state index is 0.0287. The van der Waals surface area contributed by atoms with Crippen molar-refractivity contribution in [3.8, 4) is 5.88 Å². The number of alkyl halides is 3. The van der Waals surface area contributed by atoms with Gasteiger partial charge in [-0.3, -0.25) is 9.48 Å². The zero-order chi connectivity index (χ0) is 20.6. The van der Waals surface area contributed by atoms with Crippen molar-refractivity contribution in [1.29, 1.82) is 0 Å². The fourth-order valence-electron chi connectivity index (χ4n) is 2.84. The number of amides is 1. The minimum Gasteiger partial charge on any atom is -0.465 e. The van der Waals surface area contributed by atoms with Crippen LogP contribution < -0.4 is 10.1 Å². The van der Waals surface area contributed by atoms with Crippen LogP contribution in [0.15, 0.2) is 22.6 Å². The van der Waals surface area contributed by atoms with Crippen molar-refractivity contribution in [2.75, 3.05) is 0 Å². The third-order valence-electron chi connectivity index (χ3n) is 4.15. The Morgan fingerprint density at radius 1 is 1.36 bits per heavy atom. The molecule has 150 valence electrons. The molecule has 0 aliphatic carbocycles. The maximum absolute atomic E-state index is 13.5. The topological polar surface area (TPSA) is 82.2 Å². The Morgan fingerprint density at radius 3 is 2.68 bits per heavy atom. The van der Waals surface area contributed by atoms with Crippen molar-refractivity contribution < 1.29 is 27.1 Å². The molecule has 0 radical (unpaired) electrons. The average Bonchev–Trinajstić information content (AvgIpc) is 3.14. The van der Waals surface area contributed by atoms with Crippen molar-refractivity contribution in [1.82, 2.24) is 20.1 Å². The molecule has 3 aromatic rings. The van der Waals surface area contributed by atoms with Crippen molar-refractivity contribution in [2.24, 2.45) is 7.05 Å². The van der Waals surface area contributed by atoms with Crippen LogP contribution in [0.4, 0.5) is 13.2 Å². The lowest BCUT2D eigenvalue weighted by atomic mass is 10.1. The second-order valence-corrected chi connectivity index (χ2v) is 6.40. The summed E-state index contributed by atoms with van der Waals surface area (Å²) in [6.45, 7) is 4.82. The summed E-state index contributed by atoms with van der Waals surface area (Å²) in [7, 11) is 1.49. The number of nitrogens with zero attached hydrogens (tertiary/aromatic N) is 3. The summed E-state index contributed by atoms with van der Waals surface area (Å²) in [5.74, 6) is 0.449. The minimum atomic E-state index is -4.62. The molecule has 10 heteroatoms. The van der Waals surface area contributed by atoms with Gasteiger partial charge < -0.3 is 14.5 Å². The number of halogens is 3. The zero-order valence-corrected chi connectivity index (χ0v) is 15.7. The Balaban J connectivity index is 1.81. The van der Waals surface area contributed by atoms with Gasteiger partial charge in [0.2, 0.25) is 5.88 Å². The van der Waals surface area contributed by atoms with Gasteiger partial charge in [0, 0.05) is 13.1 Å². The van der Waals surface area contributed by atoms with E-state index in [9.17, 15) is 18.0 Å². The molecule has 28 heavy (non-hydrogen) atoms. The van der Waals surface area contributed by atoms with Gasteiger partial charge in [-0.05, 0) is 32.9 Å². The summed E-state index contributed by atoms with van der Waals surface area (Å²) in [6, 6.07) is 4.27. The van der Waals surface area contributed by atoms with Gasteiger partial charge >= 0.3 is 6.18 Å². The number of aryl methyl sites for hydroxylation is 3. The fraction of sp³-hybridized carbons (Fsp3) is 0.389. The van der Waals surface area contributed by atoms with Gasteiger partial charge in [-0.15, -0.1) is 0 Å². The first kappa shape index (κ1) is 19.7. The number of carbonyl (C=O) groups excluding carboxylic acids is 1. The predicted molar refractivity (Wildman–Crippen MR) is 93.6 cm³/mol. The van der Waals surface area contributed by atoms with Crippen molar-refractivity contribution in [3.05, 3.63) is 41.0 Å². The normalized spacial score (nSPS) is 13.0. The summed E-state index contributed by atoms with van der Waals surface area (Å²) in [6.07, 6.45) is -5.67. The highest BCUT2D eigenvalue weighted by Crippen LogP contribution is 2.37. The van der Waals surface area contributed by atoms with Crippen LogP contribution in [0.25, 0.3) is 11.0 Å². The molecule has 1 amide bonds. The van der Waals surface area contributed by atoms with Gasteiger partial charge in [0.05, 0.1) is 23.2 Å². The Kier molecular flexibility index (Phi) is 5.05. The van der Waals surface area contributed by atoms with E-state index in [0.29, 0.717) is 11.5 Å². The molecule has 3 aromatic heterocycles. The van der Waals surface area contributed by atoms with Crippen LogP contribution in [0.3, 0.4) is 0 Å². The predicted octanol–water partition coefficient (Wildman–Crippen LogP) is 3.28. The number of ether oxygens (including phenoxy) is 1. The standard InChI is InChI=1S/C18H19F3N4O3/c1-9-5-6-12(27-9)8-22-17(26)11(3)28-14-7-13(18(19,20)21)15-10(2)24-25(4)16(15)23-14/h5-7,11H,8H2,1-4H3,(H,22,26). The number of hydrogen-bond donors (Lipinski definition) is 1. The van der Waals surface area contributed by atoms with E-state index < -0.39 is 23.8 Å². The summed E-state index contributed by atoms with van der Waals surface area (Å²) >= 11 is 0. The molecule has 0 fully saturated rings. The lowest BCUT2D eigenvalue weighted by Gasteiger charge is -2.16. The van der Waals surface area contributed by atoms with E-state index in [1.54, 1.807) is 19.1 Å². The molecule has 1 atom stereocenters. The second kappa shape index (κ2) is 7.17. The summed E-state index contributed by atoms with van der Waals surface area (Å²) < 4.78 is 52.4. The lowest BCUT2D eigenvalue weighted by Crippen LogP contribution is -2.36. The first-order valence-corrected chi connectivity index (χ1v) is 8.47. The van der Waals surface area contributed by atoms with Crippen LogP contribution in [0, 0.1) is 13.8 Å². The van der Waals surface area contributed by atoms with Crippen LogP contribution in [-0.2, 0) is 24.6 Å². The van der Waals surface area contributed by atoms with E-state index in [1.165, 1.54) is 25.6 Å². The SMILES string of the molecule is Cc1ccc(CNC(=O)C(C)Oc2cc(C(F)(F)F)c3c(C)nn(C)c3n2)o1. The monoisotopic (exact) mass is 396 g/mol. The number of fused-ring (bicyclic) bond motifs is 1. The Morgan fingerprint density at radius 2 is 2.07 bits per heavy atom. The van der Waals surface area contributed by atoms with Crippen LogP contribution >= 0.6 is 0 Å². The smallest absolute Gasteiger partial charge is 0.417 e. The molecule has 0 aliphatic heterocycles. The highest BCUT2D eigenvalue weighted by atomic mass is 19.4. The summed E-state index contributed by atoms with van der Waals surface area (Å²) in [4.78, 5) is 16.3. The van der Waals surface area contributed by atoms with Gasteiger partial charge in [0.15, 0.2) is 11.8 Å². The van der Waals surface area contributed by atoms with Crippen LogP contribution in [0.1, 0.15) is 29.7 Å². The molecule has 0 saturated carbocycles. The van der Waals surface area contributed by atoms with Gasteiger partial charge in [0.1, 0.15) is 11.5 Å². The number of rotatable bonds is 5. The Hall–Kier alpha value is -3.04. The number of hydrogen-bond acceptors (Lipinski definition) is 5. The largest absolute Gasteiger partial charge is 0.465 e. The molecule has 0 bridgehead atoms. The van der Waals surface area contributed by atoms with Gasteiger partial charge in [-0.2, -0.15) is 23.3 Å². The third-order valence-corrected chi connectivity index (χ3v) is 4.15. The van der Waals surface area contributed by atoms with E-state index in [4.69, 9.17) is 9.15 Å². The molecule has 1 unspecified atom stereocenters. The molecule has 3 heterocycles. The van der Waals surface area contributed by atoms with Crippen molar-refractivity contribution >= 4 is 16.9 Å². The van der Waals surface area contributed by atoms with E-state index in [0.717, 1.165) is 6.07 Å². The van der Waals surface area contributed by atoms with Gasteiger partial charge in [-0.25, -0.2) is 0 Å². The number of carbonyl (C=O) groups is 1. The first-order chi connectivity index (χ1) is 13.1. The highest BCUT2D eigenvalue weighted by molar-refractivity contribution is 5.84. The molecule has 1 N–H and O–H groups in total. The van der Waals surface area contributed by atoms with Crippen LogP contribution in [0.2, 0.25) is 0 Å². The molecule has 0 saturated heterocycles. The second-order valence-electron chi connectivity index (χ2n) is 6.40. The highest BCUT2D eigenvalue weighted by Gasteiger charge is 2.36. The lowest BCUT2D eigenvalue weighted by molar-refractivity contribution is -0.136. The zero-order valence-electron chi connectivity index (χ0n) is 15.7. The third kappa shape index (κ3) is 3.95. The van der Waals surface area contributed by atoms with E-state index in [2.05, 4.69) is 15.4 Å². The number of aromatic nitrogens is 3. The average molecular weight is 396 g/mol. The van der Waals surface area contributed by atoms with Crippen LogP contribution in [-0.4, -0.2) is 26.8 Å². The van der Waals surface area contributed by atoms with Crippen molar-refractivity contribution in [3.63, 3.8) is 0 Å². The van der Waals surface area contributed by atoms with E-state index >= 15 is 0 Å². The fourth-order valence-corrected chi connectivity index (χ4v) is 2.84. The summed E-state index contributed by atoms with van der Waals surface area (Å²) in [5, 5.41) is 6.51. The van der Waals surface area contributed by atoms with Gasteiger partial charge in [-0.1, -0.05) is 0 Å². The van der Waals surface area contributed by atoms with Crippen molar-refractivity contribution in [2.45, 2.75) is 39.6 Å². The van der Waals surface area contributed by atoms with E-state index in [1.807, 2.05) is 0 Å². The molecule has 0 aromatic carbocycles.